The average Bonchev–Trinajstić information content (AvgIpc) is 3.11. The van der Waals surface area contributed by atoms with Crippen molar-refractivity contribution in [1.29, 1.82) is 0 Å². The van der Waals surface area contributed by atoms with Crippen LogP contribution in [0.4, 0.5) is 5.69 Å². The highest BCUT2D eigenvalue weighted by molar-refractivity contribution is 6.21. The van der Waals surface area contributed by atoms with Gasteiger partial charge in [0, 0.05) is 11.3 Å². The Morgan fingerprint density at radius 3 is 2.03 bits per heavy atom. The maximum atomic E-state index is 13.1. The van der Waals surface area contributed by atoms with E-state index in [1.165, 1.54) is 4.90 Å². The van der Waals surface area contributed by atoms with Crippen LogP contribution in [0.2, 0.25) is 0 Å². The number of benzene rings is 4. The number of para-hydroxylation sites is 1. The van der Waals surface area contributed by atoms with Crippen LogP contribution in [0.25, 0.3) is 0 Å². The Morgan fingerprint density at radius 1 is 0.676 bits per heavy atom. The largest absolute Gasteiger partial charge is 0.322 e. The Kier molecular flexibility index (Phi) is 5.75. The molecule has 3 amide bonds. The lowest BCUT2D eigenvalue weighted by atomic mass is 10.0. The number of nitrogens with zero attached hydrogens (tertiary/aromatic N) is 1. The van der Waals surface area contributed by atoms with Gasteiger partial charge in [0.05, 0.1) is 17.7 Å². The van der Waals surface area contributed by atoms with E-state index in [1.54, 1.807) is 42.5 Å². The van der Waals surface area contributed by atoms with Crippen LogP contribution in [0, 0.1) is 0 Å². The van der Waals surface area contributed by atoms with Crippen molar-refractivity contribution in [1.82, 2.24) is 4.90 Å². The molecule has 4 aromatic rings. The van der Waals surface area contributed by atoms with Gasteiger partial charge in [0.25, 0.3) is 17.7 Å². The summed E-state index contributed by atoms with van der Waals surface area (Å²) in [5, 5.41) is 3.01. The minimum atomic E-state index is -0.315. The average molecular weight is 447 g/mol. The molecule has 166 valence electrons. The van der Waals surface area contributed by atoms with Gasteiger partial charge in [-0.1, -0.05) is 72.8 Å². The molecule has 1 aliphatic heterocycles. The summed E-state index contributed by atoms with van der Waals surface area (Å²) in [5.41, 5.74) is 4.93. The molecule has 0 bridgehead atoms. The molecule has 4 aromatic carbocycles. The summed E-state index contributed by atoms with van der Waals surface area (Å²) in [4.78, 5) is 39.6. The minimum Gasteiger partial charge on any atom is -0.322 e. The molecule has 5 heteroatoms. The van der Waals surface area contributed by atoms with E-state index in [1.807, 2.05) is 48.5 Å². The number of amides is 3. The van der Waals surface area contributed by atoms with E-state index in [0.717, 1.165) is 16.8 Å². The van der Waals surface area contributed by atoms with Crippen molar-refractivity contribution >= 4 is 23.4 Å². The highest BCUT2D eigenvalue weighted by Gasteiger charge is 2.35. The summed E-state index contributed by atoms with van der Waals surface area (Å²) in [6, 6.07) is 31.6. The molecule has 0 spiro atoms. The molecule has 5 nitrogen and oxygen atoms in total. The number of rotatable bonds is 6. The number of hydrogen-bond donors (Lipinski definition) is 1. The van der Waals surface area contributed by atoms with Crippen molar-refractivity contribution in [3.63, 3.8) is 0 Å². The molecule has 0 unspecified atom stereocenters. The third-order valence-corrected chi connectivity index (χ3v) is 5.91. The maximum absolute atomic E-state index is 13.1. The Balaban J connectivity index is 1.33. The summed E-state index contributed by atoms with van der Waals surface area (Å²) in [6.45, 7) is 0.109. The molecule has 0 saturated carbocycles. The first-order valence-electron chi connectivity index (χ1n) is 11.1. The zero-order valence-electron chi connectivity index (χ0n) is 18.4. The van der Waals surface area contributed by atoms with Crippen molar-refractivity contribution < 1.29 is 14.4 Å². The number of imide groups is 1. The Labute approximate surface area is 197 Å². The predicted molar refractivity (Wildman–Crippen MR) is 131 cm³/mol. The van der Waals surface area contributed by atoms with Crippen LogP contribution in [0.5, 0.6) is 0 Å². The smallest absolute Gasteiger partial charge is 0.261 e. The summed E-state index contributed by atoms with van der Waals surface area (Å²) < 4.78 is 0. The predicted octanol–water partition coefficient (Wildman–Crippen LogP) is 5.33. The van der Waals surface area contributed by atoms with E-state index < -0.39 is 0 Å². The zero-order valence-corrected chi connectivity index (χ0v) is 18.4. The van der Waals surface area contributed by atoms with Crippen LogP contribution in [0.1, 0.15) is 47.8 Å². The summed E-state index contributed by atoms with van der Waals surface area (Å²) >= 11 is 0. The van der Waals surface area contributed by atoms with Gasteiger partial charge in [-0.2, -0.15) is 0 Å². The quantitative estimate of drug-likeness (QED) is 0.407. The zero-order chi connectivity index (χ0) is 23.5. The second kappa shape index (κ2) is 9.16. The highest BCUT2D eigenvalue weighted by atomic mass is 16.2. The summed E-state index contributed by atoms with van der Waals surface area (Å²) in [7, 11) is 0. The number of carbonyl (C=O) groups is 3. The summed E-state index contributed by atoms with van der Waals surface area (Å²) in [5.74, 6) is -0.875. The molecule has 0 radical (unpaired) electrons. The third-order valence-electron chi connectivity index (χ3n) is 5.91. The lowest BCUT2D eigenvalue weighted by Crippen LogP contribution is -2.29. The third kappa shape index (κ3) is 4.24. The molecule has 1 N–H and O–H groups in total. The van der Waals surface area contributed by atoms with Crippen molar-refractivity contribution in [2.45, 2.75) is 13.0 Å². The van der Waals surface area contributed by atoms with Gasteiger partial charge in [-0.25, -0.2) is 0 Å². The molecular weight excluding hydrogens is 424 g/mol. The Hall–Kier alpha value is -4.51. The number of hydrogen-bond acceptors (Lipinski definition) is 3. The fraction of sp³-hybridized carbons (Fsp3) is 0.0690. The number of fused-ring (bicyclic) bond motifs is 1. The monoisotopic (exact) mass is 446 g/mol. The van der Waals surface area contributed by atoms with Gasteiger partial charge < -0.3 is 5.32 Å². The van der Waals surface area contributed by atoms with Crippen LogP contribution in [-0.4, -0.2) is 22.6 Å². The molecular formula is C29H22N2O3. The van der Waals surface area contributed by atoms with Crippen LogP contribution in [0.15, 0.2) is 103 Å². The van der Waals surface area contributed by atoms with Crippen LogP contribution in [0.3, 0.4) is 0 Å². The SMILES string of the molecule is O=C(Nc1ccccc1Cc1ccccc1)c1cccc(CN2C(=O)c3ccccc3C2=O)c1. The lowest BCUT2D eigenvalue weighted by molar-refractivity contribution is 0.0642. The fourth-order valence-corrected chi connectivity index (χ4v) is 4.18. The Morgan fingerprint density at radius 2 is 1.29 bits per heavy atom. The molecule has 5 rings (SSSR count). The van der Waals surface area contributed by atoms with Crippen LogP contribution >= 0.6 is 0 Å². The van der Waals surface area contributed by atoms with Gasteiger partial charge in [0.15, 0.2) is 0 Å². The normalized spacial score (nSPS) is 12.5. The number of carbonyl (C=O) groups excluding carboxylic acids is 3. The van der Waals surface area contributed by atoms with Crippen molar-refractivity contribution in [2.75, 3.05) is 5.32 Å². The standard InChI is InChI=1S/C29H22N2O3/c32-27(30-26-16-7-4-12-22(26)17-20-9-2-1-3-10-20)23-13-8-11-21(18-23)19-31-28(33)24-14-5-6-15-25(24)29(31)34/h1-16,18H,17,19H2,(H,30,32). The topological polar surface area (TPSA) is 66.5 Å². The molecule has 34 heavy (non-hydrogen) atoms. The van der Waals surface area contributed by atoms with Crippen molar-refractivity contribution in [3.8, 4) is 0 Å². The fourth-order valence-electron chi connectivity index (χ4n) is 4.18. The second-order valence-electron chi connectivity index (χ2n) is 8.22. The van der Waals surface area contributed by atoms with Gasteiger partial charge >= 0.3 is 0 Å². The first-order chi connectivity index (χ1) is 16.6. The molecule has 0 fully saturated rings. The van der Waals surface area contributed by atoms with E-state index in [0.29, 0.717) is 28.7 Å². The van der Waals surface area contributed by atoms with Crippen LogP contribution in [-0.2, 0) is 13.0 Å². The highest BCUT2D eigenvalue weighted by Crippen LogP contribution is 2.25. The van der Waals surface area contributed by atoms with Gasteiger partial charge in [-0.05, 0) is 53.4 Å². The van der Waals surface area contributed by atoms with Gasteiger partial charge in [0.1, 0.15) is 0 Å². The van der Waals surface area contributed by atoms with Crippen molar-refractivity contribution in [3.05, 3.63) is 137 Å². The molecule has 0 aromatic heterocycles. The number of nitrogens with one attached hydrogen (secondary N) is 1. The van der Waals surface area contributed by atoms with E-state index >= 15 is 0 Å². The maximum Gasteiger partial charge on any atom is 0.261 e. The lowest BCUT2D eigenvalue weighted by Gasteiger charge is -2.15. The first kappa shape index (κ1) is 21.3. The van der Waals surface area contributed by atoms with Crippen molar-refractivity contribution in [2.24, 2.45) is 0 Å². The first-order valence-corrected chi connectivity index (χ1v) is 11.1. The molecule has 0 aliphatic carbocycles. The molecule has 1 aliphatic rings. The molecule has 0 saturated heterocycles. The second-order valence-corrected chi connectivity index (χ2v) is 8.22. The van der Waals surface area contributed by atoms with E-state index in [2.05, 4.69) is 17.4 Å². The van der Waals surface area contributed by atoms with Gasteiger partial charge in [0.2, 0.25) is 0 Å². The minimum absolute atomic E-state index is 0.109. The molecule has 1 heterocycles. The summed E-state index contributed by atoms with van der Waals surface area (Å²) in [6.07, 6.45) is 0.705. The molecule has 0 atom stereocenters. The van der Waals surface area contributed by atoms with E-state index in [9.17, 15) is 14.4 Å². The number of anilines is 1. The Bertz CT molecular complexity index is 1360. The van der Waals surface area contributed by atoms with E-state index in [-0.39, 0.29) is 24.3 Å². The van der Waals surface area contributed by atoms with Gasteiger partial charge in [-0.3, -0.25) is 19.3 Å². The van der Waals surface area contributed by atoms with Crippen LogP contribution < -0.4 is 5.32 Å². The van der Waals surface area contributed by atoms with Gasteiger partial charge in [-0.15, -0.1) is 0 Å². The van der Waals surface area contributed by atoms with E-state index in [4.69, 9.17) is 0 Å².